The Kier molecular flexibility index (Phi) is 8.25. The second kappa shape index (κ2) is 9.91. The molecule has 0 unspecified atom stereocenters. The molecule has 2 rings (SSSR count). The van der Waals surface area contributed by atoms with Crippen molar-refractivity contribution in [1.29, 1.82) is 0 Å². The van der Waals surface area contributed by atoms with E-state index in [1.54, 1.807) is 32.2 Å². The van der Waals surface area contributed by atoms with Crippen LogP contribution in [0.15, 0.2) is 48.5 Å². The number of likely N-dealkylation sites (N-methyl/N-ethyl adjacent to an activating group) is 1. The van der Waals surface area contributed by atoms with Gasteiger partial charge in [-0.05, 0) is 24.1 Å². The number of ether oxygens (including phenoxy) is 2. The number of benzene rings is 2. The number of halogens is 1. The van der Waals surface area contributed by atoms with E-state index in [0.29, 0.717) is 24.5 Å². The van der Waals surface area contributed by atoms with Gasteiger partial charge in [-0.1, -0.05) is 30.3 Å². The highest BCUT2D eigenvalue weighted by Crippen LogP contribution is 2.25. The van der Waals surface area contributed by atoms with E-state index < -0.39 is 6.04 Å². The van der Waals surface area contributed by atoms with Crippen LogP contribution in [0.5, 0.6) is 11.5 Å². The maximum atomic E-state index is 12.5. The summed E-state index contributed by atoms with van der Waals surface area (Å²) in [4.78, 5) is 14.1. The van der Waals surface area contributed by atoms with Gasteiger partial charge in [0, 0.05) is 25.2 Å². The third-order valence-corrected chi connectivity index (χ3v) is 3.89. The molecule has 2 aromatic carbocycles. The van der Waals surface area contributed by atoms with Crippen molar-refractivity contribution in [3.63, 3.8) is 0 Å². The van der Waals surface area contributed by atoms with E-state index in [4.69, 9.17) is 15.2 Å². The molecule has 136 valence electrons. The number of methoxy groups -OCH3 is 2. The summed E-state index contributed by atoms with van der Waals surface area (Å²) in [6, 6.07) is 14.7. The minimum Gasteiger partial charge on any atom is -0.497 e. The van der Waals surface area contributed by atoms with Gasteiger partial charge in [0.1, 0.15) is 11.5 Å². The van der Waals surface area contributed by atoms with Gasteiger partial charge < -0.3 is 20.1 Å². The fourth-order valence-electron chi connectivity index (χ4n) is 2.55. The first kappa shape index (κ1) is 20.8. The second-order valence-corrected chi connectivity index (χ2v) is 5.67. The Hall–Kier alpha value is -2.24. The van der Waals surface area contributed by atoms with Crippen molar-refractivity contribution in [2.45, 2.75) is 19.0 Å². The van der Waals surface area contributed by atoms with Crippen molar-refractivity contribution in [2.75, 3.05) is 21.3 Å². The fourth-order valence-corrected chi connectivity index (χ4v) is 2.55. The smallest absolute Gasteiger partial charge is 0.239 e. The SMILES string of the molecule is COc1ccc(CN(C)C(=O)[C@@H](N)Cc2ccccc2)c(OC)c1.Cl. The molecule has 0 saturated heterocycles. The van der Waals surface area contributed by atoms with Crippen LogP contribution < -0.4 is 15.2 Å². The quantitative estimate of drug-likeness (QED) is 0.820. The molecule has 0 bridgehead atoms. The van der Waals surface area contributed by atoms with Crippen molar-refractivity contribution in [1.82, 2.24) is 4.90 Å². The first-order valence-electron chi connectivity index (χ1n) is 7.80. The highest BCUT2D eigenvalue weighted by Gasteiger charge is 2.19. The Labute approximate surface area is 155 Å². The van der Waals surface area contributed by atoms with Gasteiger partial charge >= 0.3 is 0 Å². The molecule has 6 heteroatoms. The molecule has 0 spiro atoms. The van der Waals surface area contributed by atoms with Gasteiger partial charge in [-0.2, -0.15) is 0 Å². The Morgan fingerprint density at radius 1 is 1.12 bits per heavy atom. The fraction of sp³-hybridized carbons (Fsp3) is 0.316. The number of rotatable bonds is 7. The van der Waals surface area contributed by atoms with E-state index in [-0.39, 0.29) is 18.3 Å². The molecule has 0 radical (unpaired) electrons. The molecular weight excluding hydrogens is 340 g/mol. The Morgan fingerprint density at radius 3 is 2.40 bits per heavy atom. The van der Waals surface area contributed by atoms with Gasteiger partial charge in [-0.25, -0.2) is 0 Å². The first-order valence-corrected chi connectivity index (χ1v) is 7.80. The van der Waals surface area contributed by atoms with Crippen LogP contribution in [0.2, 0.25) is 0 Å². The number of hydrogen-bond donors (Lipinski definition) is 1. The lowest BCUT2D eigenvalue weighted by Gasteiger charge is -2.22. The van der Waals surface area contributed by atoms with Crippen molar-refractivity contribution < 1.29 is 14.3 Å². The number of nitrogens with two attached hydrogens (primary N) is 1. The minimum absolute atomic E-state index is 0. The van der Waals surface area contributed by atoms with E-state index in [1.807, 2.05) is 42.5 Å². The van der Waals surface area contributed by atoms with Crippen LogP contribution in [0.25, 0.3) is 0 Å². The van der Waals surface area contributed by atoms with Crippen LogP contribution in [-0.4, -0.2) is 38.1 Å². The van der Waals surface area contributed by atoms with Gasteiger partial charge in [0.15, 0.2) is 0 Å². The second-order valence-electron chi connectivity index (χ2n) is 5.67. The Balaban J connectivity index is 0.00000312. The lowest BCUT2D eigenvalue weighted by molar-refractivity contribution is -0.131. The third-order valence-electron chi connectivity index (χ3n) is 3.89. The lowest BCUT2D eigenvalue weighted by atomic mass is 10.1. The Morgan fingerprint density at radius 2 is 1.80 bits per heavy atom. The Bertz CT molecular complexity index is 680. The van der Waals surface area contributed by atoms with Crippen molar-refractivity contribution in [3.05, 3.63) is 59.7 Å². The molecule has 2 aromatic rings. The topological polar surface area (TPSA) is 64.8 Å². The lowest BCUT2D eigenvalue weighted by Crippen LogP contribution is -2.42. The molecule has 5 nitrogen and oxygen atoms in total. The van der Waals surface area contributed by atoms with E-state index in [2.05, 4.69) is 0 Å². The van der Waals surface area contributed by atoms with Gasteiger partial charge in [0.05, 0.1) is 20.3 Å². The van der Waals surface area contributed by atoms with Crippen molar-refractivity contribution in [2.24, 2.45) is 5.73 Å². The summed E-state index contributed by atoms with van der Waals surface area (Å²) >= 11 is 0. The molecule has 0 aliphatic rings. The molecule has 1 atom stereocenters. The van der Waals surface area contributed by atoms with Crippen LogP contribution in [0.4, 0.5) is 0 Å². The summed E-state index contributed by atoms with van der Waals surface area (Å²) in [6.45, 7) is 0.425. The molecule has 0 heterocycles. The van der Waals surface area contributed by atoms with Crippen LogP contribution in [0, 0.1) is 0 Å². The standard InChI is InChI=1S/C19H24N2O3.ClH/c1-21(13-15-9-10-16(23-2)12-18(15)24-3)19(22)17(20)11-14-7-5-4-6-8-14;/h4-10,12,17H,11,13,20H2,1-3H3;1H/t17-;/m0./s1. The number of carbonyl (C=O) groups excluding carboxylic acids is 1. The average Bonchev–Trinajstić information content (AvgIpc) is 2.62. The normalized spacial score (nSPS) is 11.2. The first-order chi connectivity index (χ1) is 11.5. The average molecular weight is 365 g/mol. The molecule has 0 saturated carbocycles. The summed E-state index contributed by atoms with van der Waals surface area (Å²) < 4.78 is 10.6. The van der Waals surface area contributed by atoms with E-state index in [9.17, 15) is 4.79 Å². The number of carbonyl (C=O) groups is 1. The highest BCUT2D eigenvalue weighted by atomic mass is 35.5. The molecule has 0 aromatic heterocycles. The largest absolute Gasteiger partial charge is 0.497 e. The monoisotopic (exact) mass is 364 g/mol. The molecule has 0 aliphatic carbocycles. The maximum absolute atomic E-state index is 12.5. The van der Waals surface area contributed by atoms with Gasteiger partial charge in [0.25, 0.3) is 0 Å². The predicted molar refractivity (Wildman–Crippen MR) is 101 cm³/mol. The summed E-state index contributed by atoms with van der Waals surface area (Å²) in [5.74, 6) is 1.30. The zero-order valence-corrected chi connectivity index (χ0v) is 15.6. The zero-order valence-electron chi connectivity index (χ0n) is 14.8. The summed E-state index contributed by atoms with van der Waals surface area (Å²) in [5.41, 5.74) is 8.03. The van der Waals surface area contributed by atoms with Crippen molar-refractivity contribution in [3.8, 4) is 11.5 Å². The van der Waals surface area contributed by atoms with Gasteiger partial charge in [-0.15, -0.1) is 12.4 Å². The number of nitrogens with zero attached hydrogens (tertiary/aromatic N) is 1. The highest BCUT2D eigenvalue weighted by molar-refractivity contribution is 5.85. The van der Waals surface area contributed by atoms with Gasteiger partial charge in [0.2, 0.25) is 5.91 Å². The summed E-state index contributed by atoms with van der Waals surface area (Å²) in [6.07, 6.45) is 0.518. The molecular formula is C19H25ClN2O3. The predicted octanol–water partition coefficient (Wildman–Crippen LogP) is 2.65. The summed E-state index contributed by atoms with van der Waals surface area (Å²) in [5, 5.41) is 0. The maximum Gasteiger partial charge on any atom is 0.239 e. The van der Waals surface area contributed by atoms with E-state index in [0.717, 1.165) is 11.1 Å². The molecule has 1 amide bonds. The number of hydrogen-bond acceptors (Lipinski definition) is 4. The zero-order chi connectivity index (χ0) is 17.5. The molecule has 0 fully saturated rings. The van der Waals surface area contributed by atoms with Crippen molar-refractivity contribution >= 4 is 18.3 Å². The van der Waals surface area contributed by atoms with E-state index in [1.165, 1.54) is 0 Å². The van der Waals surface area contributed by atoms with Gasteiger partial charge in [-0.3, -0.25) is 4.79 Å². The molecule has 0 aliphatic heterocycles. The van der Waals surface area contributed by atoms with Crippen LogP contribution >= 0.6 is 12.4 Å². The third kappa shape index (κ3) is 5.66. The molecule has 25 heavy (non-hydrogen) atoms. The van der Waals surface area contributed by atoms with E-state index >= 15 is 0 Å². The molecule has 2 N–H and O–H groups in total. The van der Waals surface area contributed by atoms with Crippen LogP contribution in [0.1, 0.15) is 11.1 Å². The van der Waals surface area contributed by atoms with Crippen LogP contribution in [-0.2, 0) is 17.8 Å². The minimum atomic E-state index is -0.568. The van der Waals surface area contributed by atoms with Crippen LogP contribution in [0.3, 0.4) is 0 Å². The summed E-state index contributed by atoms with van der Waals surface area (Å²) in [7, 11) is 4.95. The number of amides is 1.